The van der Waals surface area contributed by atoms with Gasteiger partial charge in [-0.2, -0.15) is 0 Å². The fourth-order valence-corrected chi connectivity index (χ4v) is 3.14. The zero-order valence-electron chi connectivity index (χ0n) is 10.5. The van der Waals surface area contributed by atoms with Crippen molar-refractivity contribution in [2.24, 2.45) is 11.3 Å². The van der Waals surface area contributed by atoms with Gasteiger partial charge in [-0.1, -0.05) is 34.6 Å². The van der Waals surface area contributed by atoms with Crippen LogP contribution in [0.15, 0.2) is 6.33 Å². The van der Waals surface area contributed by atoms with E-state index in [1.807, 2.05) is 0 Å². The predicted molar refractivity (Wildman–Crippen MR) is 63.2 cm³/mol. The van der Waals surface area contributed by atoms with Gasteiger partial charge in [0, 0.05) is 0 Å². The van der Waals surface area contributed by atoms with Gasteiger partial charge in [0.25, 0.3) is 0 Å². The van der Waals surface area contributed by atoms with Gasteiger partial charge >= 0.3 is 0 Å². The van der Waals surface area contributed by atoms with Gasteiger partial charge in [0.15, 0.2) is 5.82 Å². The molecule has 0 fully saturated rings. The third-order valence-electron chi connectivity index (χ3n) is 3.67. The zero-order chi connectivity index (χ0) is 12.1. The van der Waals surface area contributed by atoms with Crippen LogP contribution in [0.25, 0.3) is 0 Å². The molecule has 1 unspecified atom stereocenters. The minimum absolute atomic E-state index is 0.0596. The molecule has 88 valence electrons. The van der Waals surface area contributed by atoms with Crippen LogP contribution in [-0.2, 0) is 10.2 Å². The average Bonchev–Trinajstić information content (AvgIpc) is 2.58. The second-order valence-electron chi connectivity index (χ2n) is 5.79. The van der Waals surface area contributed by atoms with Crippen LogP contribution < -0.4 is 5.32 Å². The lowest BCUT2D eigenvalue weighted by molar-refractivity contribution is -0.127. The molecule has 0 aliphatic carbocycles. The number of hydrogen-bond acceptors (Lipinski definition) is 2. The Morgan fingerprint density at radius 3 is 2.50 bits per heavy atom. The third kappa shape index (κ3) is 1.10. The molecule has 1 atom stereocenters. The van der Waals surface area contributed by atoms with E-state index in [0.29, 0.717) is 5.82 Å². The molecule has 1 aliphatic rings. The van der Waals surface area contributed by atoms with E-state index >= 15 is 0 Å². The number of nitrogens with zero attached hydrogens (tertiary/aromatic N) is 1. The number of hydrogen-bond donors (Lipinski definition) is 2. The maximum absolute atomic E-state index is 12.3. The molecule has 2 rings (SSSR count). The maximum atomic E-state index is 12.3. The van der Waals surface area contributed by atoms with Crippen molar-refractivity contribution in [3.8, 4) is 0 Å². The first-order chi connectivity index (χ1) is 7.31. The van der Waals surface area contributed by atoms with E-state index in [-0.39, 0.29) is 17.2 Å². The van der Waals surface area contributed by atoms with Gasteiger partial charge in [-0.15, -0.1) is 0 Å². The van der Waals surface area contributed by atoms with Gasteiger partial charge in [-0.3, -0.25) is 4.79 Å². The summed E-state index contributed by atoms with van der Waals surface area (Å²) in [6.45, 7) is 10.5. The lowest BCUT2D eigenvalue weighted by atomic mass is 9.59. The van der Waals surface area contributed by atoms with E-state index in [4.69, 9.17) is 0 Å². The molecular formula is C12H19N3O. The minimum Gasteiger partial charge on any atom is -0.346 e. The number of fused-ring (bicyclic) bond motifs is 1. The Hall–Kier alpha value is -1.32. The van der Waals surface area contributed by atoms with Crippen molar-refractivity contribution >= 4 is 11.7 Å². The highest BCUT2D eigenvalue weighted by Gasteiger charge is 2.58. The molecule has 0 bridgehead atoms. The molecule has 4 heteroatoms. The smallest absolute Gasteiger partial charge is 0.238 e. The largest absolute Gasteiger partial charge is 0.346 e. The van der Waals surface area contributed by atoms with E-state index in [0.717, 1.165) is 5.69 Å². The number of aromatic amines is 1. The van der Waals surface area contributed by atoms with Crippen LogP contribution in [0.2, 0.25) is 0 Å². The van der Waals surface area contributed by atoms with Crippen molar-refractivity contribution in [3.05, 3.63) is 12.0 Å². The Bertz CT molecular complexity index is 428. The summed E-state index contributed by atoms with van der Waals surface area (Å²) in [5, 5.41) is 2.87. The summed E-state index contributed by atoms with van der Waals surface area (Å²) in [4.78, 5) is 19.6. The summed E-state index contributed by atoms with van der Waals surface area (Å²) < 4.78 is 0. The summed E-state index contributed by atoms with van der Waals surface area (Å²) in [6.07, 6.45) is 1.65. The Labute approximate surface area is 95.9 Å². The van der Waals surface area contributed by atoms with Gasteiger partial charge in [0.1, 0.15) is 5.41 Å². The van der Waals surface area contributed by atoms with Gasteiger partial charge in [-0.25, -0.2) is 4.98 Å². The molecule has 16 heavy (non-hydrogen) atoms. The number of carbonyl (C=O) groups excluding carboxylic acids is 1. The number of amides is 1. The molecule has 1 aliphatic heterocycles. The van der Waals surface area contributed by atoms with E-state index < -0.39 is 5.41 Å². The summed E-state index contributed by atoms with van der Waals surface area (Å²) in [7, 11) is 0. The molecular weight excluding hydrogens is 202 g/mol. The van der Waals surface area contributed by atoms with Gasteiger partial charge in [0.05, 0.1) is 12.0 Å². The van der Waals surface area contributed by atoms with Crippen molar-refractivity contribution in [2.75, 3.05) is 5.32 Å². The van der Waals surface area contributed by atoms with E-state index in [1.54, 1.807) is 6.33 Å². The average molecular weight is 221 g/mol. The van der Waals surface area contributed by atoms with Crippen molar-refractivity contribution in [1.29, 1.82) is 0 Å². The molecule has 0 radical (unpaired) electrons. The molecule has 2 heterocycles. The Morgan fingerprint density at radius 1 is 1.38 bits per heavy atom. The normalized spacial score (nSPS) is 24.8. The maximum Gasteiger partial charge on any atom is 0.238 e. The van der Waals surface area contributed by atoms with Crippen LogP contribution in [0.4, 0.5) is 5.82 Å². The van der Waals surface area contributed by atoms with Crippen LogP contribution in [-0.4, -0.2) is 15.9 Å². The Morgan fingerprint density at radius 2 is 2.00 bits per heavy atom. The number of rotatable bonds is 1. The highest BCUT2D eigenvalue weighted by molar-refractivity contribution is 6.05. The summed E-state index contributed by atoms with van der Waals surface area (Å²) >= 11 is 0. The summed E-state index contributed by atoms with van der Waals surface area (Å²) in [5.74, 6) is 0.965. The minimum atomic E-state index is -0.515. The summed E-state index contributed by atoms with van der Waals surface area (Å²) in [5.41, 5.74) is 0.266. The molecule has 1 aromatic rings. The Balaban J connectivity index is 2.69. The fraction of sp³-hybridized carbons (Fsp3) is 0.667. The van der Waals surface area contributed by atoms with Gasteiger partial charge in [0.2, 0.25) is 5.91 Å². The first kappa shape index (κ1) is 11.2. The number of carbonyl (C=O) groups is 1. The van der Waals surface area contributed by atoms with Crippen LogP contribution in [0.3, 0.4) is 0 Å². The van der Waals surface area contributed by atoms with E-state index in [9.17, 15) is 4.79 Å². The molecule has 4 nitrogen and oxygen atoms in total. The number of nitrogens with one attached hydrogen (secondary N) is 2. The zero-order valence-corrected chi connectivity index (χ0v) is 10.5. The third-order valence-corrected chi connectivity index (χ3v) is 3.67. The molecule has 0 spiro atoms. The second-order valence-corrected chi connectivity index (χ2v) is 5.79. The van der Waals surface area contributed by atoms with Crippen molar-refractivity contribution < 1.29 is 4.79 Å². The second kappa shape index (κ2) is 3.09. The van der Waals surface area contributed by atoms with Crippen molar-refractivity contribution in [1.82, 2.24) is 9.97 Å². The molecule has 1 aromatic heterocycles. The van der Waals surface area contributed by atoms with Crippen molar-refractivity contribution in [3.63, 3.8) is 0 Å². The molecule has 2 N–H and O–H groups in total. The van der Waals surface area contributed by atoms with Crippen molar-refractivity contribution in [2.45, 2.75) is 40.0 Å². The van der Waals surface area contributed by atoms with E-state index in [1.165, 1.54) is 0 Å². The summed E-state index contributed by atoms with van der Waals surface area (Å²) in [6, 6.07) is 0. The van der Waals surface area contributed by atoms with Crippen LogP contribution >= 0.6 is 0 Å². The van der Waals surface area contributed by atoms with E-state index in [2.05, 4.69) is 49.9 Å². The van der Waals surface area contributed by atoms with Gasteiger partial charge in [-0.05, 0) is 11.3 Å². The quantitative estimate of drug-likeness (QED) is 0.764. The first-order valence-electron chi connectivity index (χ1n) is 5.67. The van der Waals surface area contributed by atoms with Crippen LogP contribution in [0.1, 0.15) is 40.3 Å². The lowest BCUT2D eigenvalue weighted by Gasteiger charge is -2.42. The predicted octanol–water partition coefficient (Wildman–Crippen LogP) is 2.30. The van der Waals surface area contributed by atoms with Gasteiger partial charge < -0.3 is 10.3 Å². The monoisotopic (exact) mass is 221 g/mol. The Kier molecular flexibility index (Phi) is 2.16. The number of H-pyrrole nitrogens is 1. The van der Waals surface area contributed by atoms with Crippen LogP contribution in [0.5, 0.6) is 0 Å². The molecule has 0 aromatic carbocycles. The molecule has 1 amide bonds. The standard InChI is InChI=1S/C12H19N3O/c1-7(2)12(11(3,4)5)8-9(14-6-13-8)15-10(12)16/h6-7H,1-5H3,(H,13,14)(H,15,16). The highest BCUT2D eigenvalue weighted by atomic mass is 16.2. The molecule has 0 saturated carbocycles. The highest BCUT2D eigenvalue weighted by Crippen LogP contribution is 2.52. The topological polar surface area (TPSA) is 57.8 Å². The number of anilines is 1. The van der Waals surface area contributed by atoms with Crippen LogP contribution in [0, 0.1) is 11.3 Å². The number of imidazole rings is 1. The molecule has 0 saturated heterocycles. The fourth-order valence-electron chi connectivity index (χ4n) is 3.14. The first-order valence-corrected chi connectivity index (χ1v) is 5.67. The number of aromatic nitrogens is 2. The SMILES string of the molecule is CC(C)C1(C(C)(C)C)C(=O)Nc2nc[nH]c21. The lowest BCUT2D eigenvalue weighted by Crippen LogP contribution is -2.50.